The summed E-state index contributed by atoms with van der Waals surface area (Å²) in [6.45, 7) is 0. The molecule has 0 aromatic heterocycles. The summed E-state index contributed by atoms with van der Waals surface area (Å²) in [6, 6.07) is 14.3. The van der Waals surface area contributed by atoms with Crippen LogP contribution in [0.25, 0.3) is 54.9 Å². The number of fused-ring (bicyclic) bond motifs is 7. The second kappa shape index (κ2) is 12.4. The maximum absolute atomic E-state index is 14.3. The fourth-order valence-electron chi connectivity index (χ4n) is 6.46. The molecule has 18 heteroatoms. The van der Waals surface area contributed by atoms with Crippen LogP contribution in [-0.4, -0.2) is 13.0 Å². The Morgan fingerprint density at radius 2 is 0.870 bits per heavy atom. The Labute approximate surface area is 299 Å². The van der Waals surface area contributed by atoms with Gasteiger partial charge in [0.15, 0.2) is 4.90 Å². The Kier molecular flexibility index (Phi) is 8.60. The molecular weight excluding hydrogens is 787 g/mol. The Hall–Kier alpha value is -4.78. The van der Waals surface area contributed by atoms with E-state index < -0.39 is 106 Å². The zero-order valence-corrected chi connectivity index (χ0v) is 27.9. The molecule has 1 N–H and O–H groups in total. The molecule has 0 amide bonds. The lowest BCUT2D eigenvalue weighted by molar-refractivity contribution is -0.144. The summed E-state index contributed by atoms with van der Waals surface area (Å²) in [5.74, 6) is 0. The van der Waals surface area contributed by atoms with Crippen LogP contribution in [-0.2, 0) is 46.1 Å². The zero-order chi connectivity index (χ0) is 39.3. The molecule has 0 fully saturated rings. The van der Waals surface area contributed by atoms with Crippen molar-refractivity contribution in [2.75, 3.05) is 0 Å². The number of hydrogen-bond acceptors (Lipinski definition) is 3. The summed E-state index contributed by atoms with van der Waals surface area (Å²) in [5.41, 5.74) is -10.7. The van der Waals surface area contributed by atoms with Crippen molar-refractivity contribution in [1.29, 1.82) is 0 Å². The molecule has 280 valence electrons. The van der Waals surface area contributed by atoms with Gasteiger partial charge in [-0.05, 0) is 85.3 Å². The van der Waals surface area contributed by atoms with Crippen molar-refractivity contribution < 1.29 is 65.7 Å². The molecule has 0 unspecified atom stereocenters. The molecule has 0 bridgehead atoms. The largest absolute Gasteiger partial charge is 0.592 e. The zero-order valence-electron chi connectivity index (χ0n) is 26.3. The predicted octanol–water partition coefficient (Wildman–Crippen LogP) is 11.4. The van der Waals surface area contributed by atoms with Gasteiger partial charge in [-0.1, -0.05) is 48.5 Å². The first-order chi connectivity index (χ1) is 24.9. The van der Waals surface area contributed by atoms with E-state index in [9.17, 15) is 65.7 Å². The molecule has 4 nitrogen and oxygen atoms in total. The third-order valence-corrected chi connectivity index (χ3v) is 11.9. The van der Waals surface area contributed by atoms with E-state index in [-0.39, 0.29) is 39.2 Å². The number of rotatable bonds is 2. The van der Waals surface area contributed by atoms with Gasteiger partial charge in [-0.25, -0.2) is 8.42 Å². The number of hydrogen-bond donors (Lipinski definition) is 1. The molecule has 0 aliphatic carbocycles. The Morgan fingerprint density at radius 1 is 0.500 bits per heavy atom. The fraction of sp³-hybridized carbons (Fsp3) is 0.111. The van der Waals surface area contributed by atoms with E-state index in [0.717, 1.165) is 12.1 Å². The molecule has 54 heavy (non-hydrogen) atoms. The van der Waals surface area contributed by atoms with Crippen molar-refractivity contribution in [3.8, 4) is 33.4 Å². The third kappa shape index (κ3) is 6.54. The number of nitrogens with one attached hydrogen (secondary N) is 1. The van der Waals surface area contributed by atoms with Crippen molar-refractivity contribution in [1.82, 2.24) is 4.13 Å². The fourth-order valence-corrected chi connectivity index (χ4v) is 9.64. The minimum atomic E-state index is -5.35. The van der Waals surface area contributed by atoms with Crippen LogP contribution >= 0.6 is 0 Å². The molecule has 0 radical (unpaired) electrons. The lowest BCUT2D eigenvalue weighted by Gasteiger charge is -2.20. The molecule has 1 atom stereocenters. The van der Waals surface area contributed by atoms with Crippen LogP contribution < -0.4 is 4.13 Å². The summed E-state index contributed by atoms with van der Waals surface area (Å²) in [4.78, 5) is -1.56. The van der Waals surface area contributed by atoms with Crippen LogP contribution in [0.4, 0.5) is 52.7 Å². The molecule has 1 aliphatic heterocycles. The molecule has 1 heterocycles. The average molecular weight is 804 g/mol. The number of sulfonamides is 1. The van der Waals surface area contributed by atoms with Crippen molar-refractivity contribution in [2.24, 2.45) is 0 Å². The minimum Gasteiger partial charge on any atom is -0.592 e. The van der Waals surface area contributed by atoms with Crippen LogP contribution in [0.2, 0.25) is 0 Å². The molecular formula is C36H17F12NO3S2. The highest BCUT2D eigenvalue weighted by Crippen LogP contribution is 2.52. The standard InChI is InChI=1S/C36H17F12NO3S2/c37-33(38,39)21-9-19(10-22(15-21)34(40,41)42)27-13-17-5-1-3-7-25(17)29-30-26-8-4-2-6-18(26)14-28(32(30)54(51,52)49-53(50)31(27)29)20-11-23(35(43,44)45)16-24(12-20)36(46,47)48/h1-16,49H/t53-/m0/s1. The van der Waals surface area contributed by atoms with Gasteiger partial charge in [0, 0.05) is 22.3 Å². The van der Waals surface area contributed by atoms with Gasteiger partial charge in [0.05, 0.1) is 33.6 Å². The summed E-state index contributed by atoms with van der Waals surface area (Å²) in [5, 5.41) is 0.188. The Balaban J connectivity index is 1.70. The molecule has 0 spiro atoms. The van der Waals surface area contributed by atoms with Gasteiger partial charge in [-0.15, -0.1) is 0 Å². The first-order valence-corrected chi connectivity index (χ1v) is 17.7. The topological polar surface area (TPSA) is 69.2 Å². The van der Waals surface area contributed by atoms with Gasteiger partial charge in [-0.2, -0.15) is 52.7 Å². The average Bonchev–Trinajstić information content (AvgIpc) is 3.17. The maximum atomic E-state index is 14.3. The van der Waals surface area contributed by atoms with Gasteiger partial charge in [0.1, 0.15) is 4.90 Å². The summed E-state index contributed by atoms with van der Waals surface area (Å²) >= 11 is -3.06. The van der Waals surface area contributed by atoms with Gasteiger partial charge in [0.25, 0.3) is 10.0 Å². The molecule has 6 aromatic carbocycles. The van der Waals surface area contributed by atoms with Crippen LogP contribution in [0, 0.1) is 0 Å². The molecule has 6 aromatic rings. The smallest absolute Gasteiger partial charge is 0.416 e. The van der Waals surface area contributed by atoms with Crippen LogP contribution in [0.3, 0.4) is 0 Å². The highest BCUT2D eigenvalue weighted by atomic mass is 32.3. The van der Waals surface area contributed by atoms with Crippen LogP contribution in [0.1, 0.15) is 22.3 Å². The van der Waals surface area contributed by atoms with Gasteiger partial charge < -0.3 is 4.55 Å². The Bertz CT molecular complexity index is 2570. The Morgan fingerprint density at radius 3 is 1.30 bits per heavy atom. The van der Waals surface area contributed by atoms with E-state index in [1.165, 1.54) is 48.5 Å². The number of alkyl halides is 12. The van der Waals surface area contributed by atoms with E-state index in [2.05, 4.69) is 0 Å². The monoisotopic (exact) mass is 803 g/mol. The van der Waals surface area contributed by atoms with Crippen LogP contribution in [0.15, 0.2) is 107 Å². The van der Waals surface area contributed by atoms with Gasteiger partial charge in [-0.3, -0.25) is 0 Å². The van der Waals surface area contributed by atoms with Crippen molar-refractivity contribution in [3.63, 3.8) is 0 Å². The predicted molar refractivity (Wildman–Crippen MR) is 174 cm³/mol. The van der Waals surface area contributed by atoms with Crippen molar-refractivity contribution >= 4 is 42.9 Å². The quantitative estimate of drug-likeness (QED) is 0.140. The van der Waals surface area contributed by atoms with Gasteiger partial charge >= 0.3 is 24.7 Å². The lowest BCUT2D eigenvalue weighted by atomic mass is 9.87. The third-order valence-electron chi connectivity index (χ3n) is 8.69. The first kappa shape index (κ1) is 37.5. The molecule has 0 saturated carbocycles. The number of halogens is 12. The van der Waals surface area contributed by atoms with E-state index in [0.29, 0.717) is 24.3 Å². The first-order valence-electron chi connectivity index (χ1n) is 15.1. The molecule has 0 saturated heterocycles. The van der Waals surface area contributed by atoms with Crippen LogP contribution in [0.5, 0.6) is 0 Å². The minimum absolute atomic E-state index is 0.00729. The van der Waals surface area contributed by atoms with E-state index in [1.807, 2.05) is 4.13 Å². The van der Waals surface area contributed by atoms with E-state index in [4.69, 9.17) is 0 Å². The van der Waals surface area contributed by atoms with Gasteiger partial charge in [0.2, 0.25) is 0 Å². The number of benzene rings is 6. The molecule has 7 rings (SSSR count). The van der Waals surface area contributed by atoms with E-state index in [1.54, 1.807) is 0 Å². The van der Waals surface area contributed by atoms with E-state index >= 15 is 0 Å². The van der Waals surface area contributed by atoms with Crippen molar-refractivity contribution in [3.05, 3.63) is 119 Å². The SMILES string of the molecule is O=S1(=O)N[S@@+]([O-])c2c(-c3cc(C(F)(F)F)cc(C(F)(F)F)c3)cc3ccccc3c2-c2c1c(-c1cc(C(F)(F)F)cc(C(F)(F)F)c1)cc1ccccc21. The maximum Gasteiger partial charge on any atom is 0.416 e. The lowest BCUT2D eigenvalue weighted by Crippen LogP contribution is -2.30. The highest BCUT2D eigenvalue weighted by molar-refractivity contribution is 8.05. The summed E-state index contributed by atoms with van der Waals surface area (Å²) in [7, 11) is -5.27. The van der Waals surface area contributed by atoms with Crippen molar-refractivity contribution in [2.45, 2.75) is 34.5 Å². The second-order valence-corrected chi connectivity index (χ2v) is 15.2. The second-order valence-electron chi connectivity index (χ2n) is 12.1. The summed E-state index contributed by atoms with van der Waals surface area (Å²) in [6.07, 6.45) is -21.3. The summed E-state index contributed by atoms with van der Waals surface area (Å²) < 4.78 is 213. The molecule has 1 aliphatic rings. The highest BCUT2D eigenvalue weighted by Gasteiger charge is 2.43. The normalized spacial score (nSPS) is 16.3.